The number of alkyl halides is 3. The summed E-state index contributed by atoms with van der Waals surface area (Å²) in [5, 5.41) is 3.85. The highest BCUT2D eigenvalue weighted by atomic mass is 32.2. The van der Waals surface area contributed by atoms with E-state index in [4.69, 9.17) is 0 Å². The summed E-state index contributed by atoms with van der Waals surface area (Å²) in [5.74, 6) is -0.607. The van der Waals surface area contributed by atoms with Crippen LogP contribution in [-0.4, -0.2) is 33.8 Å². The van der Waals surface area contributed by atoms with Gasteiger partial charge in [0.25, 0.3) is 0 Å². The molecule has 2 rings (SSSR count). The standard InChI is InChI=1S/C11H9F3N4O3S/c12-11(13,14)10-7-15-9(6-16-10)8-1-2-18(17-5-8)3-4-22(19,20)21/h1-2,5-7H,3-4H2. The molecular formula is C11H9F3N4O3S. The third-order valence-electron chi connectivity index (χ3n) is 2.58. The molecule has 0 unspecified atom stereocenters. The maximum absolute atomic E-state index is 12.4. The maximum atomic E-state index is 12.4. The van der Waals surface area contributed by atoms with E-state index < -0.39 is 27.7 Å². The molecule has 2 aromatic heterocycles. The third kappa shape index (κ3) is 4.43. The van der Waals surface area contributed by atoms with Crippen LogP contribution in [0.1, 0.15) is 5.69 Å². The Balaban J connectivity index is 2.13. The van der Waals surface area contributed by atoms with Crippen molar-refractivity contribution >= 4 is 10.1 Å². The summed E-state index contributed by atoms with van der Waals surface area (Å²) in [6.45, 7) is -0.120. The zero-order valence-electron chi connectivity index (χ0n) is 10.9. The van der Waals surface area contributed by atoms with Crippen molar-refractivity contribution in [1.29, 1.82) is 0 Å². The van der Waals surface area contributed by atoms with E-state index in [1.54, 1.807) is 0 Å². The molecule has 0 fully saturated rings. The molecule has 0 saturated heterocycles. The molecule has 0 aliphatic carbocycles. The number of halogens is 3. The van der Waals surface area contributed by atoms with Gasteiger partial charge in [0.1, 0.15) is 16.3 Å². The Labute approximate surface area is 123 Å². The molecule has 0 spiro atoms. The third-order valence-corrected chi connectivity index (χ3v) is 3.26. The number of rotatable bonds is 4. The molecule has 0 aliphatic rings. The van der Waals surface area contributed by atoms with E-state index in [2.05, 4.69) is 15.1 Å². The molecule has 2 heterocycles. The minimum absolute atomic E-state index is 0.120. The van der Waals surface area contributed by atoms with Crippen LogP contribution >= 0.6 is 0 Å². The second-order valence-electron chi connectivity index (χ2n) is 4.23. The molecule has 0 saturated carbocycles. The lowest BCUT2D eigenvalue weighted by molar-refractivity contribution is -0.750. The summed E-state index contributed by atoms with van der Waals surface area (Å²) < 4.78 is 69.8. The average molecular weight is 334 g/mol. The van der Waals surface area contributed by atoms with Gasteiger partial charge in [0.2, 0.25) is 0 Å². The summed E-state index contributed by atoms with van der Waals surface area (Å²) in [4.78, 5) is 6.93. The van der Waals surface area contributed by atoms with Crippen molar-refractivity contribution in [3.05, 3.63) is 36.5 Å². The molecule has 0 aliphatic heterocycles. The molecule has 0 aromatic carbocycles. The molecule has 11 heteroatoms. The van der Waals surface area contributed by atoms with Crippen molar-refractivity contribution in [2.75, 3.05) is 5.75 Å². The Morgan fingerprint density at radius 1 is 1.18 bits per heavy atom. The molecule has 0 bridgehead atoms. The lowest BCUT2D eigenvalue weighted by Gasteiger charge is -2.05. The van der Waals surface area contributed by atoms with Gasteiger partial charge in [-0.2, -0.15) is 13.2 Å². The predicted octanol–water partition coefficient (Wildman–Crippen LogP) is 0.390. The Kier molecular flexibility index (Phi) is 4.37. The lowest BCUT2D eigenvalue weighted by atomic mass is 10.2. The van der Waals surface area contributed by atoms with Crippen LogP contribution in [0, 0.1) is 0 Å². The molecule has 22 heavy (non-hydrogen) atoms. The van der Waals surface area contributed by atoms with Crippen LogP contribution < -0.4 is 4.68 Å². The predicted molar refractivity (Wildman–Crippen MR) is 65.0 cm³/mol. The van der Waals surface area contributed by atoms with Gasteiger partial charge < -0.3 is 4.55 Å². The fourth-order valence-electron chi connectivity index (χ4n) is 1.50. The van der Waals surface area contributed by atoms with Crippen LogP contribution in [0.3, 0.4) is 0 Å². The van der Waals surface area contributed by atoms with E-state index in [1.807, 2.05) is 0 Å². The fourth-order valence-corrected chi connectivity index (χ4v) is 1.91. The molecule has 118 valence electrons. The Bertz CT molecular complexity index is 746. The van der Waals surface area contributed by atoms with Gasteiger partial charge in [0.05, 0.1) is 23.8 Å². The van der Waals surface area contributed by atoms with Crippen molar-refractivity contribution < 1.29 is 30.8 Å². The molecule has 0 N–H and O–H groups in total. The summed E-state index contributed by atoms with van der Waals surface area (Å²) >= 11 is 0. The van der Waals surface area contributed by atoms with E-state index in [9.17, 15) is 26.1 Å². The minimum atomic E-state index is -4.56. The molecule has 7 nitrogen and oxygen atoms in total. The second-order valence-corrected chi connectivity index (χ2v) is 5.75. The average Bonchev–Trinajstić information content (AvgIpc) is 2.44. The van der Waals surface area contributed by atoms with Crippen molar-refractivity contribution in [1.82, 2.24) is 15.1 Å². The van der Waals surface area contributed by atoms with Gasteiger partial charge in [-0.15, -0.1) is 0 Å². The first-order valence-electron chi connectivity index (χ1n) is 5.84. The normalized spacial score (nSPS) is 12.4. The maximum Gasteiger partial charge on any atom is 0.434 e. The monoisotopic (exact) mass is 334 g/mol. The number of aromatic nitrogens is 4. The van der Waals surface area contributed by atoms with Gasteiger partial charge in [-0.05, 0) is 5.10 Å². The SMILES string of the molecule is O=S(=O)([O-])CC[n+]1ccc(-c2cnc(C(F)(F)F)cn2)cn1. The van der Waals surface area contributed by atoms with Gasteiger partial charge in [-0.1, -0.05) is 4.68 Å². The highest BCUT2D eigenvalue weighted by Gasteiger charge is 2.32. The summed E-state index contributed by atoms with van der Waals surface area (Å²) in [6.07, 6.45) is -0.311. The molecule has 0 radical (unpaired) electrons. The van der Waals surface area contributed by atoms with E-state index >= 15 is 0 Å². The Morgan fingerprint density at radius 3 is 2.36 bits per heavy atom. The number of aryl methyl sites for hydroxylation is 1. The van der Waals surface area contributed by atoms with Crippen molar-refractivity contribution in [2.45, 2.75) is 12.7 Å². The Morgan fingerprint density at radius 2 is 1.91 bits per heavy atom. The van der Waals surface area contributed by atoms with Gasteiger partial charge in [-0.25, -0.2) is 13.4 Å². The quantitative estimate of drug-likeness (QED) is 0.592. The first-order chi connectivity index (χ1) is 10.1. The number of hydrogen-bond donors (Lipinski definition) is 0. The fraction of sp³-hybridized carbons (Fsp3) is 0.273. The van der Waals surface area contributed by atoms with Gasteiger partial charge in [0.15, 0.2) is 18.4 Å². The van der Waals surface area contributed by atoms with E-state index in [-0.39, 0.29) is 12.2 Å². The topological polar surface area (TPSA) is 99.8 Å². The zero-order valence-corrected chi connectivity index (χ0v) is 11.7. The Hall–Kier alpha value is -2.14. The van der Waals surface area contributed by atoms with E-state index in [0.717, 1.165) is 6.20 Å². The first kappa shape index (κ1) is 16.2. The van der Waals surface area contributed by atoms with E-state index in [0.29, 0.717) is 11.8 Å². The highest BCUT2D eigenvalue weighted by molar-refractivity contribution is 7.85. The summed E-state index contributed by atoms with van der Waals surface area (Å²) in [7, 11) is -4.34. The van der Waals surface area contributed by atoms with Crippen LogP contribution in [0.5, 0.6) is 0 Å². The van der Waals surface area contributed by atoms with Crippen LogP contribution in [0.15, 0.2) is 30.9 Å². The minimum Gasteiger partial charge on any atom is -0.748 e. The van der Waals surface area contributed by atoms with Crippen LogP contribution in [0.4, 0.5) is 13.2 Å². The molecular weight excluding hydrogens is 325 g/mol. The van der Waals surface area contributed by atoms with Crippen molar-refractivity contribution in [3.63, 3.8) is 0 Å². The summed E-state index contributed by atoms with van der Waals surface area (Å²) in [6, 6.07) is 1.47. The van der Waals surface area contributed by atoms with Gasteiger partial charge in [0, 0.05) is 11.6 Å². The van der Waals surface area contributed by atoms with Crippen molar-refractivity contribution in [2.24, 2.45) is 0 Å². The molecule has 0 atom stereocenters. The van der Waals surface area contributed by atoms with Crippen LogP contribution in [-0.2, 0) is 22.8 Å². The molecule has 0 amide bonds. The number of hydrogen-bond acceptors (Lipinski definition) is 6. The van der Waals surface area contributed by atoms with E-state index in [1.165, 1.54) is 23.1 Å². The van der Waals surface area contributed by atoms with Crippen LogP contribution in [0.25, 0.3) is 11.3 Å². The molecule has 2 aromatic rings. The van der Waals surface area contributed by atoms with Crippen LogP contribution in [0.2, 0.25) is 0 Å². The highest BCUT2D eigenvalue weighted by Crippen LogP contribution is 2.27. The van der Waals surface area contributed by atoms with Gasteiger partial charge in [-0.3, -0.25) is 4.98 Å². The lowest BCUT2D eigenvalue weighted by Crippen LogP contribution is -2.40. The second kappa shape index (κ2) is 5.93. The zero-order chi connectivity index (χ0) is 16.4. The van der Waals surface area contributed by atoms with Crippen molar-refractivity contribution in [3.8, 4) is 11.3 Å². The number of nitrogens with zero attached hydrogens (tertiary/aromatic N) is 4. The van der Waals surface area contributed by atoms with Gasteiger partial charge >= 0.3 is 6.18 Å². The largest absolute Gasteiger partial charge is 0.748 e. The smallest absolute Gasteiger partial charge is 0.434 e. The first-order valence-corrected chi connectivity index (χ1v) is 7.42. The summed E-state index contributed by atoms with van der Waals surface area (Å²) in [5.41, 5.74) is -0.512.